The molecule has 0 heterocycles. The van der Waals surface area contributed by atoms with Gasteiger partial charge in [-0.2, -0.15) is 13.2 Å². The smallest absolute Gasteiger partial charge is 0.417 e. The van der Waals surface area contributed by atoms with Gasteiger partial charge in [-0.15, -0.1) is 0 Å². The minimum Gasteiger partial charge on any atom is -0.464 e. The number of hydrogen-bond acceptors (Lipinski definition) is 6. The number of nitrogens with one attached hydrogen (secondary N) is 1. The van der Waals surface area contributed by atoms with Crippen LogP contribution in [0.3, 0.4) is 0 Å². The summed E-state index contributed by atoms with van der Waals surface area (Å²) >= 11 is 5.64. The van der Waals surface area contributed by atoms with E-state index < -0.39 is 52.4 Å². The molecular weight excluding hydrogens is 455 g/mol. The lowest BCUT2D eigenvalue weighted by atomic mass is 9.90. The molecule has 0 aliphatic rings. The van der Waals surface area contributed by atoms with E-state index in [1.165, 1.54) is 19.9 Å². The quantitative estimate of drug-likeness (QED) is 0.329. The van der Waals surface area contributed by atoms with Crippen molar-refractivity contribution in [3.05, 3.63) is 34.3 Å². The second kappa shape index (κ2) is 10.9. The van der Waals surface area contributed by atoms with Crippen molar-refractivity contribution < 1.29 is 41.8 Å². The predicted octanol–water partition coefficient (Wildman–Crippen LogP) is 4.68. The van der Waals surface area contributed by atoms with Crippen molar-refractivity contribution >= 4 is 29.6 Å². The number of rotatable bonds is 8. The Morgan fingerprint density at radius 1 is 1.00 bits per heavy atom. The van der Waals surface area contributed by atoms with Crippen LogP contribution in [0.2, 0.25) is 5.02 Å². The SMILES string of the molecule is CCOC(=O)C(CCc1ccc(Cl)c(C(F)(F)F)c1)(NC(=O)OC(C)(C)C)C(=O)OCC. The van der Waals surface area contributed by atoms with E-state index in [0.717, 1.165) is 12.1 Å². The molecule has 0 bridgehead atoms. The lowest BCUT2D eigenvalue weighted by Crippen LogP contribution is -2.62. The third-order valence-electron chi connectivity index (χ3n) is 4.09. The van der Waals surface area contributed by atoms with Gasteiger partial charge < -0.3 is 14.2 Å². The molecule has 32 heavy (non-hydrogen) atoms. The fourth-order valence-electron chi connectivity index (χ4n) is 2.72. The summed E-state index contributed by atoms with van der Waals surface area (Å²) in [5.74, 6) is -2.23. The van der Waals surface area contributed by atoms with Crippen LogP contribution < -0.4 is 5.32 Å². The maximum absolute atomic E-state index is 13.2. The molecule has 0 aromatic heterocycles. The van der Waals surface area contributed by atoms with Gasteiger partial charge in [0.05, 0.1) is 23.8 Å². The number of ether oxygens (including phenoxy) is 3. The van der Waals surface area contributed by atoms with E-state index in [1.807, 2.05) is 0 Å². The summed E-state index contributed by atoms with van der Waals surface area (Å²) in [6, 6.07) is 3.21. The van der Waals surface area contributed by atoms with Crippen molar-refractivity contribution in [3.8, 4) is 0 Å². The second-order valence-corrected chi connectivity index (χ2v) is 8.19. The first kappa shape index (κ1) is 27.5. The van der Waals surface area contributed by atoms with E-state index >= 15 is 0 Å². The van der Waals surface area contributed by atoms with E-state index in [2.05, 4.69) is 5.32 Å². The number of amides is 1. The molecule has 0 unspecified atom stereocenters. The highest BCUT2D eigenvalue weighted by Gasteiger charge is 2.51. The molecule has 180 valence electrons. The van der Waals surface area contributed by atoms with Gasteiger partial charge >= 0.3 is 24.2 Å². The third-order valence-corrected chi connectivity index (χ3v) is 4.42. The Balaban J connectivity index is 3.36. The molecule has 1 aromatic carbocycles. The number of alkyl halides is 3. The van der Waals surface area contributed by atoms with Gasteiger partial charge in [-0.3, -0.25) is 5.32 Å². The zero-order valence-corrected chi connectivity index (χ0v) is 19.3. The van der Waals surface area contributed by atoms with E-state index in [1.54, 1.807) is 20.8 Å². The monoisotopic (exact) mass is 481 g/mol. The first-order valence-electron chi connectivity index (χ1n) is 9.87. The van der Waals surface area contributed by atoms with Crippen LogP contribution >= 0.6 is 11.6 Å². The average Bonchev–Trinajstić information content (AvgIpc) is 2.64. The summed E-state index contributed by atoms with van der Waals surface area (Å²) in [6.45, 7) is 7.50. The molecule has 7 nitrogen and oxygen atoms in total. The van der Waals surface area contributed by atoms with Gasteiger partial charge in [-0.05, 0) is 65.2 Å². The Kier molecular flexibility index (Phi) is 9.37. The third kappa shape index (κ3) is 7.58. The topological polar surface area (TPSA) is 90.9 Å². The number of aryl methyl sites for hydroxylation is 1. The molecule has 0 aliphatic heterocycles. The fraction of sp³-hybridized carbons (Fsp3) is 0.571. The molecule has 1 N–H and O–H groups in total. The largest absolute Gasteiger partial charge is 0.464 e. The zero-order valence-electron chi connectivity index (χ0n) is 18.5. The van der Waals surface area contributed by atoms with Crippen LogP contribution in [0.25, 0.3) is 0 Å². The van der Waals surface area contributed by atoms with Crippen molar-refractivity contribution in [1.82, 2.24) is 5.32 Å². The number of alkyl carbamates (subject to hydrolysis) is 1. The van der Waals surface area contributed by atoms with E-state index in [4.69, 9.17) is 25.8 Å². The molecule has 1 amide bonds. The Hall–Kier alpha value is -2.49. The van der Waals surface area contributed by atoms with Crippen LogP contribution in [-0.4, -0.2) is 42.4 Å². The van der Waals surface area contributed by atoms with Crippen LogP contribution in [0.15, 0.2) is 18.2 Å². The van der Waals surface area contributed by atoms with E-state index in [9.17, 15) is 27.6 Å². The summed E-state index contributed by atoms with van der Waals surface area (Å²) in [4.78, 5) is 38.0. The van der Waals surface area contributed by atoms with Crippen molar-refractivity contribution in [2.24, 2.45) is 0 Å². The Morgan fingerprint density at radius 3 is 1.97 bits per heavy atom. The van der Waals surface area contributed by atoms with Gasteiger partial charge in [0.2, 0.25) is 5.54 Å². The second-order valence-electron chi connectivity index (χ2n) is 7.79. The molecule has 0 atom stereocenters. The molecular formula is C21H27ClF3NO6. The number of benzene rings is 1. The zero-order chi connectivity index (χ0) is 24.7. The van der Waals surface area contributed by atoms with E-state index in [0.29, 0.717) is 0 Å². The molecule has 11 heteroatoms. The molecule has 1 aromatic rings. The molecule has 0 aliphatic carbocycles. The van der Waals surface area contributed by atoms with Crippen LogP contribution in [-0.2, 0) is 36.4 Å². The van der Waals surface area contributed by atoms with Crippen LogP contribution in [0.5, 0.6) is 0 Å². The van der Waals surface area contributed by atoms with Crippen LogP contribution in [0.1, 0.15) is 52.2 Å². The standard InChI is InChI=1S/C21H27ClF3NO6/c1-6-30-16(27)20(17(28)31-7-2,26-18(29)32-19(3,4)5)11-10-13-8-9-15(22)14(12-13)21(23,24)25/h8-9,12H,6-7,10-11H2,1-5H3,(H,26,29). The summed E-state index contributed by atoms with van der Waals surface area (Å²) < 4.78 is 54.7. The van der Waals surface area contributed by atoms with Gasteiger partial charge in [-0.1, -0.05) is 17.7 Å². The lowest BCUT2D eigenvalue weighted by Gasteiger charge is -2.31. The van der Waals surface area contributed by atoms with Gasteiger partial charge in [0.15, 0.2) is 0 Å². The average molecular weight is 482 g/mol. The number of carbonyl (C=O) groups excluding carboxylic acids is 3. The molecule has 0 saturated heterocycles. The Morgan fingerprint density at radius 2 is 1.53 bits per heavy atom. The molecule has 1 rings (SSSR count). The highest BCUT2D eigenvalue weighted by molar-refractivity contribution is 6.31. The predicted molar refractivity (Wildman–Crippen MR) is 110 cm³/mol. The Labute approximate surface area is 189 Å². The number of halogens is 4. The van der Waals surface area contributed by atoms with Crippen molar-refractivity contribution in [1.29, 1.82) is 0 Å². The summed E-state index contributed by atoms with van der Waals surface area (Å²) in [7, 11) is 0. The summed E-state index contributed by atoms with van der Waals surface area (Å²) in [5, 5.41) is 1.73. The first-order valence-corrected chi connectivity index (χ1v) is 10.2. The first-order chi connectivity index (χ1) is 14.7. The lowest BCUT2D eigenvalue weighted by molar-refractivity contribution is -0.166. The van der Waals surface area contributed by atoms with Crippen LogP contribution in [0.4, 0.5) is 18.0 Å². The number of carbonyl (C=O) groups is 3. The summed E-state index contributed by atoms with van der Waals surface area (Å²) in [5.41, 5.74) is -4.20. The van der Waals surface area contributed by atoms with Gasteiger partial charge in [-0.25, -0.2) is 14.4 Å². The molecule has 0 radical (unpaired) electrons. The van der Waals surface area contributed by atoms with Crippen molar-refractivity contribution in [2.45, 2.75) is 64.8 Å². The minimum absolute atomic E-state index is 0.116. The van der Waals surface area contributed by atoms with Crippen molar-refractivity contribution in [3.63, 3.8) is 0 Å². The van der Waals surface area contributed by atoms with Gasteiger partial charge in [0.25, 0.3) is 0 Å². The molecule has 0 saturated carbocycles. The Bertz CT molecular complexity index is 818. The minimum atomic E-state index is -4.69. The highest BCUT2D eigenvalue weighted by atomic mass is 35.5. The van der Waals surface area contributed by atoms with Crippen LogP contribution in [0, 0.1) is 0 Å². The number of esters is 2. The molecule has 0 spiro atoms. The van der Waals surface area contributed by atoms with E-state index in [-0.39, 0.29) is 25.2 Å². The van der Waals surface area contributed by atoms with Crippen molar-refractivity contribution in [2.75, 3.05) is 13.2 Å². The highest BCUT2D eigenvalue weighted by Crippen LogP contribution is 2.35. The normalized spacial score (nSPS) is 12.2. The van der Waals surface area contributed by atoms with Gasteiger partial charge in [0, 0.05) is 0 Å². The number of hydrogen-bond donors (Lipinski definition) is 1. The maximum Gasteiger partial charge on any atom is 0.417 e. The van der Waals surface area contributed by atoms with Gasteiger partial charge in [0.1, 0.15) is 5.60 Å². The maximum atomic E-state index is 13.2. The summed E-state index contributed by atoms with van der Waals surface area (Å²) in [6.07, 6.45) is -6.44. The fourth-order valence-corrected chi connectivity index (χ4v) is 2.94. The molecule has 0 fully saturated rings.